The van der Waals surface area contributed by atoms with E-state index in [1.165, 1.54) is 0 Å². The van der Waals surface area contributed by atoms with Gasteiger partial charge in [0, 0.05) is 11.6 Å². The largest absolute Gasteiger partial charge is 0.280 e. The number of rotatable bonds is 1. The minimum Gasteiger partial charge on any atom is -0.280 e. The molecular formula is C9H11ClN4. The highest BCUT2D eigenvalue weighted by molar-refractivity contribution is 6.34. The van der Waals surface area contributed by atoms with Gasteiger partial charge in [0.05, 0.1) is 5.39 Å². The average molecular weight is 211 g/mol. The normalized spacial score (nSPS) is 11.5. The third-order valence-corrected chi connectivity index (χ3v) is 2.36. The number of nitrogens with one attached hydrogen (secondary N) is 1. The van der Waals surface area contributed by atoms with Gasteiger partial charge in [0.2, 0.25) is 0 Å². The first-order valence-electron chi connectivity index (χ1n) is 4.47. The fourth-order valence-electron chi connectivity index (χ4n) is 1.29. The van der Waals surface area contributed by atoms with Crippen molar-refractivity contribution >= 4 is 22.6 Å². The molecule has 2 aromatic rings. The quantitative estimate of drug-likeness (QED) is 0.736. The highest BCUT2D eigenvalue weighted by Crippen LogP contribution is 2.23. The molecule has 0 atom stereocenters. The minimum atomic E-state index is 0.258. The fraction of sp³-hybridized carbons (Fsp3) is 0.444. The predicted octanol–water partition coefficient (Wildman–Crippen LogP) is 2.44. The van der Waals surface area contributed by atoms with Crippen molar-refractivity contribution in [2.45, 2.75) is 26.7 Å². The molecule has 2 aromatic heterocycles. The van der Waals surface area contributed by atoms with Crippen molar-refractivity contribution in [1.82, 2.24) is 20.2 Å². The molecule has 0 aromatic carbocycles. The summed E-state index contributed by atoms with van der Waals surface area (Å²) >= 11 is 6.04. The molecule has 0 saturated heterocycles. The van der Waals surface area contributed by atoms with Gasteiger partial charge in [-0.15, -0.1) is 0 Å². The van der Waals surface area contributed by atoms with Gasteiger partial charge >= 0.3 is 0 Å². The van der Waals surface area contributed by atoms with E-state index in [9.17, 15) is 0 Å². The van der Waals surface area contributed by atoms with Crippen LogP contribution in [-0.4, -0.2) is 20.2 Å². The van der Waals surface area contributed by atoms with Gasteiger partial charge in [-0.25, -0.2) is 9.97 Å². The van der Waals surface area contributed by atoms with Gasteiger partial charge < -0.3 is 0 Å². The number of hydrogen-bond acceptors (Lipinski definition) is 3. The molecule has 5 heteroatoms. The Morgan fingerprint density at radius 2 is 2.00 bits per heavy atom. The molecular weight excluding hydrogens is 200 g/mol. The Balaban J connectivity index is 2.74. The van der Waals surface area contributed by atoms with E-state index in [1.807, 2.05) is 20.8 Å². The molecule has 0 bridgehead atoms. The molecule has 0 saturated carbocycles. The lowest BCUT2D eigenvalue weighted by atomic mass is 10.2. The van der Waals surface area contributed by atoms with E-state index in [2.05, 4.69) is 20.2 Å². The van der Waals surface area contributed by atoms with E-state index in [1.54, 1.807) is 0 Å². The summed E-state index contributed by atoms with van der Waals surface area (Å²) in [6.07, 6.45) is 0. The van der Waals surface area contributed by atoms with Crippen molar-refractivity contribution in [2.24, 2.45) is 0 Å². The lowest BCUT2D eigenvalue weighted by Crippen LogP contribution is -1.98. The summed E-state index contributed by atoms with van der Waals surface area (Å²) in [5, 5.41) is 8.20. The number of nitrogens with zero attached hydrogens (tertiary/aromatic N) is 3. The summed E-state index contributed by atoms with van der Waals surface area (Å²) in [4.78, 5) is 8.55. The van der Waals surface area contributed by atoms with E-state index in [0.29, 0.717) is 10.8 Å². The predicted molar refractivity (Wildman–Crippen MR) is 55.5 cm³/mol. The fourth-order valence-corrected chi connectivity index (χ4v) is 1.61. The van der Waals surface area contributed by atoms with Crippen LogP contribution in [0.2, 0.25) is 5.15 Å². The highest BCUT2D eigenvalue weighted by Gasteiger charge is 2.12. The monoisotopic (exact) mass is 210 g/mol. The second-order valence-corrected chi connectivity index (χ2v) is 3.93. The first kappa shape index (κ1) is 9.40. The molecule has 14 heavy (non-hydrogen) atoms. The van der Waals surface area contributed by atoms with Gasteiger partial charge in [0.1, 0.15) is 11.0 Å². The van der Waals surface area contributed by atoms with Crippen LogP contribution in [0, 0.1) is 6.92 Å². The first-order valence-corrected chi connectivity index (χ1v) is 4.85. The van der Waals surface area contributed by atoms with Crippen LogP contribution >= 0.6 is 11.6 Å². The number of aromatic nitrogens is 4. The van der Waals surface area contributed by atoms with Crippen LogP contribution in [0.25, 0.3) is 11.0 Å². The molecule has 0 aliphatic heterocycles. The molecule has 0 unspecified atom stereocenters. The van der Waals surface area contributed by atoms with Gasteiger partial charge in [-0.2, -0.15) is 5.10 Å². The number of fused-ring (bicyclic) bond motifs is 1. The van der Waals surface area contributed by atoms with Crippen LogP contribution < -0.4 is 0 Å². The van der Waals surface area contributed by atoms with E-state index < -0.39 is 0 Å². The summed E-state index contributed by atoms with van der Waals surface area (Å²) in [6.45, 7) is 5.95. The third-order valence-electron chi connectivity index (χ3n) is 2.08. The number of halogens is 1. The van der Waals surface area contributed by atoms with Crippen LogP contribution in [0.1, 0.15) is 31.3 Å². The van der Waals surface area contributed by atoms with Crippen LogP contribution in [0.4, 0.5) is 0 Å². The summed E-state index contributed by atoms with van der Waals surface area (Å²) in [7, 11) is 0. The molecule has 2 rings (SSSR count). The second kappa shape index (κ2) is 3.20. The van der Waals surface area contributed by atoms with Crippen LogP contribution in [-0.2, 0) is 0 Å². The SMILES string of the molecule is Cc1[nH]nc2nc(C(C)C)nc(Cl)c12. The van der Waals surface area contributed by atoms with Crippen molar-refractivity contribution in [3.63, 3.8) is 0 Å². The zero-order valence-electron chi connectivity index (χ0n) is 8.30. The first-order chi connectivity index (χ1) is 6.59. The van der Waals surface area contributed by atoms with Crippen molar-refractivity contribution in [1.29, 1.82) is 0 Å². The highest BCUT2D eigenvalue weighted by atomic mass is 35.5. The molecule has 2 heterocycles. The van der Waals surface area contributed by atoms with Crippen LogP contribution in [0.3, 0.4) is 0 Å². The van der Waals surface area contributed by atoms with E-state index in [0.717, 1.165) is 16.9 Å². The maximum Gasteiger partial charge on any atom is 0.186 e. The van der Waals surface area contributed by atoms with E-state index in [-0.39, 0.29) is 5.92 Å². The topological polar surface area (TPSA) is 54.5 Å². The van der Waals surface area contributed by atoms with Crippen molar-refractivity contribution < 1.29 is 0 Å². The van der Waals surface area contributed by atoms with E-state index >= 15 is 0 Å². The lowest BCUT2D eigenvalue weighted by Gasteiger charge is -2.03. The Bertz CT molecular complexity index is 475. The molecule has 0 radical (unpaired) electrons. The molecule has 0 amide bonds. The molecule has 0 aliphatic carbocycles. The Morgan fingerprint density at radius 3 is 2.64 bits per heavy atom. The zero-order valence-corrected chi connectivity index (χ0v) is 9.05. The average Bonchev–Trinajstić information content (AvgIpc) is 2.48. The van der Waals surface area contributed by atoms with Gasteiger partial charge in [-0.05, 0) is 6.92 Å². The lowest BCUT2D eigenvalue weighted by molar-refractivity contribution is 0.781. The zero-order chi connectivity index (χ0) is 10.3. The number of H-pyrrole nitrogens is 1. The number of aromatic amines is 1. The Kier molecular flexibility index (Phi) is 2.15. The van der Waals surface area contributed by atoms with Crippen molar-refractivity contribution in [2.75, 3.05) is 0 Å². The van der Waals surface area contributed by atoms with Gasteiger partial charge in [-0.1, -0.05) is 25.4 Å². The van der Waals surface area contributed by atoms with Crippen molar-refractivity contribution in [3.05, 3.63) is 16.7 Å². The number of hydrogen-bond donors (Lipinski definition) is 1. The van der Waals surface area contributed by atoms with Crippen LogP contribution in [0.15, 0.2) is 0 Å². The Hall–Kier alpha value is -1.16. The molecule has 1 N–H and O–H groups in total. The van der Waals surface area contributed by atoms with Gasteiger partial charge in [-0.3, -0.25) is 5.10 Å². The van der Waals surface area contributed by atoms with Gasteiger partial charge in [0.15, 0.2) is 5.65 Å². The Labute approximate surface area is 86.7 Å². The molecule has 0 fully saturated rings. The van der Waals surface area contributed by atoms with Gasteiger partial charge in [0.25, 0.3) is 0 Å². The number of aryl methyl sites for hydroxylation is 1. The van der Waals surface area contributed by atoms with E-state index in [4.69, 9.17) is 11.6 Å². The molecule has 4 nitrogen and oxygen atoms in total. The molecule has 0 aliphatic rings. The van der Waals surface area contributed by atoms with Crippen molar-refractivity contribution in [3.8, 4) is 0 Å². The van der Waals surface area contributed by atoms with Crippen LogP contribution in [0.5, 0.6) is 0 Å². The standard InChI is InChI=1S/C9H11ClN4/c1-4(2)8-11-7(10)6-5(3)13-14-9(6)12-8/h4H,1-3H3,(H,11,12,13,14). The second-order valence-electron chi connectivity index (χ2n) is 3.57. The summed E-state index contributed by atoms with van der Waals surface area (Å²) in [5.74, 6) is 0.989. The maximum atomic E-state index is 6.04. The summed E-state index contributed by atoms with van der Waals surface area (Å²) in [6, 6.07) is 0. The Morgan fingerprint density at radius 1 is 1.29 bits per heavy atom. The molecule has 74 valence electrons. The summed E-state index contributed by atoms with van der Waals surface area (Å²) < 4.78 is 0. The minimum absolute atomic E-state index is 0.258. The smallest absolute Gasteiger partial charge is 0.186 e. The summed E-state index contributed by atoms with van der Waals surface area (Å²) in [5.41, 5.74) is 1.55. The molecule has 0 spiro atoms. The third kappa shape index (κ3) is 1.35. The maximum absolute atomic E-state index is 6.04.